The van der Waals surface area contributed by atoms with Crippen LogP contribution in [0, 0.1) is 5.41 Å². The van der Waals surface area contributed by atoms with Gasteiger partial charge in [-0.15, -0.1) is 0 Å². The average molecular weight is 393 g/mol. The van der Waals surface area contributed by atoms with Crippen molar-refractivity contribution in [1.29, 1.82) is 0 Å². The van der Waals surface area contributed by atoms with Gasteiger partial charge < -0.3 is 21.5 Å². The lowest BCUT2D eigenvalue weighted by Crippen LogP contribution is -2.54. The van der Waals surface area contributed by atoms with Crippen LogP contribution in [-0.2, 0) is 7.05 Å². The van der Waals surface area contributed by atoms with Gasteiger partial charge in [0, 0.05) is 25.7 Å². The van der Waals surface area contributed by atoms with Gasteiger partial charge in [-0.3, -0.25) is 4.68 Å². The number of nitrogens with zero attached hydrogens (tertiary/aromatic N) is 4. The third kappa shape index (κ3) is 3.42. The van der Waals surface area contributed by atoms with Crippen LogP contribution in [0.15, 0.2) is 36.5 Å². The molecule has 8 heteroatoms. The van der Waals surface area contributed by atoms with Gasteiger partial charge in [0.2, 0.25) is 5.95 Å². The van der Waals surface area contributed by atoms with Gasteiger partial charge in [0.1, 0.15) is 5.82 Å². The number of fused-ring (bicyclic) bond motifs is 1. The molecule has 1 aromatic carbocycles. The molecule has 2 saturated carbocycles. The van der Waals surface area contributed by atoms with Crippen LogP contribution in [0.2, 0.25) is 0 Å². The molecule has 152 valence electrons. The molecule has 0 radical (unpaired) electrons. The normalized spacial score (nSPS) is 26.7. The van der Waals surface area contributed by atoms with Crippen LogP contribution >= 0.6 is 0 Å². The molecule has 2 aliphatic rings. The molecule has 5 rings (SSSR count). The van der Waals surface area contributed by atoms with Crippen LogP contribution in [0.3, 0.4) is 0 Å². The molecule has 3 aromatic rings. The number of nitrogens with two attached hydrogens (primary N) is 1. The molecule has 2 fully saturated rings. The molecule has 0 bridgehead atoms. The Hall–Kier alpha value is -2.71. The van der Waals surface area contributed by atoms with Crippen molar-refractivity contribution in [2.24, 2.45) is 18.2 Å². The van der Waals surface area contributed by atoms with Gasteiger partial charge in [0.05, 0.1) is 17.7 Å². The number of aliphatic hydroxyl groups is 1. The minimum atomic E-state index is -0.144. The molecule has 0 saturated heterocycles. The van der Waals surface area contributed by atoms with Crippen LogP contribution in [0.5, 0.6) is 0 Å². The fourth-order valence-electron chi connectivity index (χ4n) is 4.78. The van der Waals surface area contributed by atoms with Crippen molar-refractivity contribution < 1.29 is 5.11 Å². The molecule has 0 unspecified atom stereocenters. The third-order valence-corrected chi connectivity index (χ3v) is 6.34. The Morgan fingerprint density at radius 1 is 1.21 bits per heavy atom. The quantitative estimate of drug-likeness (QED) is 0.508. The predicted octanol–water partition coefficient (Wildman–Crippen LogP) is 2.19. The molecular formula is C21H27N7O. The zero-order chi connectivity index (χ0) is 20.0. The molecular weight excluding hydrogens is 366 g/mol. The molecule has 2 aromatic heterocycles. The average Bonchev–Trinajstić information content (AvgIpc) is 3.05. The molecule has 2 aliphatic carbocycles. The Balaban J connectivity index is 1.31. The third-order valence-electron chi connectivity index (χ3n) is 6.34. The van der Waals surface area contributed by atoms with E-state index in [0.29, 0.717) is 23.9 Å². The van der Waals surface area contributed by atoms with Crippen LogP contribution < -0.4 is 16.4 Å². The Morgan fingerprint density at radius 3 is 2.69 bits per heavy atom. The lowest BCUT2D eigenvalue weighted by Gasteiger charge is -2.56. The van der Waals surface area contributed by atoms with E-state index >= 15 is 0 Å². The zero-order valence-corrected chi connectivity index (χ0v) is 16.5. The molecule has 29 heavy (non-hydrogen) atoms. The first kappa shape index (κ1) is 18.3. The van der Waals surface area contributed by atoms with E-state index in [4.69, 9.17) is 10.7 Å². The summed E-state index contributed by atoms with van der Waals surface area (Å²) in [5.74, 6) is 1.35. The van der Waals surface area contributed by atoms with E-state index in [2.05, 4.69) is 20.7 Å². The highest BCUT2D eigenvalue weighted by atomic mass is 16.3. The predicted molar refractivity (Wildman–Crippen MR) is 112 cm³/mol. The number of hydrogen-bond donors (Lipinski definition) is 4. The van der Waals surface area contributed by atoms with Crippen molar-refractivity contribution in [2.75, 3.05) is 17.2 Å². The largest absolute Gasteiger partial charge is 0.393 e. The summed E-state index contributed by atoms with van der Waals surface area (Å²) in [7, 11) is 1.88. The molecule has 0 aliphatic heterocycles. The van der Waals surface area contributed by atoms with E-state index in [1.165, 1.54) is 0 Å². The van der Waals surface area contributed by atoms with E-state index in [9.17, 15) is 5.11 Å². The number of nitrogens with one attached hydrogen (secondary N) is 2. The minimum Gasteiger partial charge on any atom is -0.393 e. The Morgan fingerprint density at radius 2 is 1.97 bits per heavy atom. The van der Waals surface area contributed by atoms with Gasteiger partial charge >= 0.3 is 0 Å². The maximum Gasteiger partial charge on any atom is 0.226 e. The molecule has 8 nitrogen and oxygen atoms in total. The topological polar surface area (TPSA) is 114 Å². The Bertz CT molecular complexity index is 1000. The molecule has 1 atom stereocenters. The van der Waals surface area contributed by atoms with Crippen molar-refractivity contribution in [3.63, 3.8) is 0 Å². The smallest absolute Gasteiger partial charge is 0.226 e. The second-order valence-electron chi connectivity index (χ2n) is 8.61. The van der Waals surface area contributed by atoms with Gasteiger partial charge in [0.25, 0.3) is 0 Å². The second-order valence-corrected chi connectivity index (χ2v) is 8.61. The van der Waals surface area contributed by atoms with E-state index in [1.807, 2.05) is 37.4 Å². The maximum absolute atomic E-state index is 9.62. The van der Waals surface area contributed by atoms with Gasteiger partial charge in [-0.05, 0) is 36.7 Å². The number of aromatic nitrogens is 4. The van der Waals surface area contributed by atoms with Crippen LogP contribution in [0.25, 0.3) is 11.0 Å². The van der Waals surface area contributed by atoms with Gasteiger partial charge in [0.15, 0.2) is 5.65 Å². The van der Waals surface area contributed by atoms with Gasteiger partial charge in [-0.2, -0.15) is 15.1 Å². The van der Waals surface area contributed by atoms with Gasteiger partial charge in [-0.25, -0.2) is 0 Å². The Labute approximate surface area is 169 Å². The van der Waals surface area contributed by atoms with Crippen LogP contribution in [0.4, 0.5) is 11.8 Å². The van der Waals surface area contributed by atoms with Crippen LogP contribution in [0.1, 0.15) is 37.3 Å². The summed E-state index contributed by atoms with van der Waals surface area (Å²) < 4.78 is 1.76. The van der Waals surface area contributed by atoms with E-state index < -0.39 is 0 Å². The number of hydrogen-bond acceptors (Lipinski definition) is 7. The summed E-state index contributed by atoms with van der Waals surface area (Å²) in [6.07, 6.45) is 5.72. The standard InChI is InChI=1S/C21H27N7O/c1-28-19-16(11-24-28)18(25-14-7-21(8-14)9-15(29)10-21)26-20(27-19)23-12-17(22)13-5-3-2-4-6-13/h2-6,11,14-15,17,29H,7-10,12,22H2,1H3,(H2,23,25,26,27)/t14?,15?,17-,21?/m0/s1. The van der Waals surface area contributed by atoms with E-state index in [1.54, 1.807) is 10.9 Å². The van der Waals surface area contributed by atoms with Crippen molar-refractivity contribution >= 4 is 22.8 Å². The maximum atomic E-state index is 9.62. The summed E-state index contributed by atoms with van der Waals surface area (Å²) in [5.41, 5.74) is 8.51. The van der Waals surface area contributed by atoms with Crippen molar-refractivity contribution in [3.8, 4) is 0 Å². The highest BCUT2D eigenvalue weighted by molar-refractivity contribution is 5.87. The highest BCUT2D eigenvalue weighted by Crippen LogP contribution is 2.56. The second kappa shape index (κ2) is 6.96. The van der Waals surface area contributed by atoms with Crippen molar-refractivity contribution in [3.05, 3.63) is 42.1 Å². The van der Waals surface area contributed by atoms with Gasteiger partial charge in [-0.1, -0.05) is 30.3 Å². The van der Waals surface area contributed by atoms with E-state index in [0.717, 1.165) is 48.1 Å². The number of anilines is 2. The first-order valence-corrected chi connectivity index (χ1v) is 10.2. The van der Waals surface area contributed by atoms with E-state index in [-0.39, 0.29) is 12.1 Å². The number of benzene rings is 1. The molecule has 0 amide bonds. The molecule has 5 N–H and O–H groups in total. The lowest BCUT2D eigenvalue weighted by atomic mass is 9.53. The first-order valence-electron chi connectivity index (χ1n) is 10.2. The summed E-state index contributed by atoms with van der Waals surface area (Å²) >= 11 is 0. The van der Waals surface area contributed by atoms with Crippen molar-refractivity contribution in [1.82, 2.24) is 19.7 Å². The number of aryl methyl sites for hydroxylation is 1. The summed E-state index contributed by atoms with van der Waals surface area (Å²) in [5, 5.41) is 21.7. The lowest BCUT2D eigenvalue weighted by molar-refractivity contribution is -0.0868. The Kier molecular flexibility index (Phi) is 4.40. The molecule has 1 spiro atoms. The summed E-state index contributed by atoms with van der Waals surface area (Å²) in [4.78, 5) is 9.34. The summed E-state index contributed by atoms with van der Waals surface area (Å²) in [6, 6.07) is 10.2. The zero-order valence-electron chi connectivity index (χ0n) is 16.5. The SMILES string of the molecule is Cn1ncc2c(NC3CC4(CC(O)C4)C3)nc(NC[C@H](N)c3ccccc3)nc21. The molecule has 2 heterocycles. The highest BCUT2D eigenvalue weighted by Gasteiger charge is 2.52. The van der Waals surface area contributed by atoms with Crippen molar-refractivity contribution in [2.45, 2.75) is 43.9 Å². The minimum absolute atomic E-state index is 0.107. The first-order chi connectivity index (χ1) is 14.0. The monoisotopic (exact) mass is 393 g/mol. The fourth-order valence-corrected chi connectivity index (χ4v) is 4.78. The number of rotatable bonds is 6. The number of aliphatic hydroxyl groups excluding tert-OH is 1. The summed E-state index contributed by atoms with van der Waals surface area (Å²) in [6.45, 7) is 0.539. The van der Waals surface area contributed by atoms with Crippen LogP contribution in [-0.4, -0.2) is 43.5 Å². The fraction of sp³-hybridized carbons (Fsp3) is 0.476.